The van der Waals surface area contributed by atoms with Crippen molar-refractivity contribution in [3.63, 3.8) is 0 Å². The fraction of sp³-hybridized carbons (Fsp3) is 0.400. The van der Waals surface area contributed by atoms with Crippen LogP contribution in [0.2, 0.25) is 0 Å². The van der Waals surface area contributed by atoms with Crippen molar-refractivity contribution in [3.8, 4) is 11.5 Å². The monoisotopic (exact) mass is 259 g/mol. The number of phenols is 1. The summed E-state index contributed by atoms with van der Waals surface area (Å²) in [5.74, 6) is 0.927. The summed E-state index contributed by atoms with van der Waals surface area (Å²) in [6, 6.07) is 3.50. The number of benzene rings is 1. The Morgan fingerprint density at radius 3 is 2.79 bits per heavy atom. The van der Waals surface area contributed by atoms with Crippen molar-refractivity contribution < 1.29 is 9.84 Å². The molecule has 0 aliphatic carbocycles. The first-order chi connectivity index (χ1) is 6.69. The molecule has 1 aromatic rings. The summed E-state index contributed by atoms with van der Waals surface area (Å²) in [6.07, 6.45) is 0.797. The van der Waals surface area contributed by atoms with Crippen LogP contribution in [0.3, 0.4) is 0 Å². The zero-order valence-electron chi connectivity index (χ0n) is 8.30. The Labute approximate surface area is 92.2 Å². The van der Waals surface area contributed by atoms with E-state index in [4.69, 9.17) is 4.74 Å². The third kappa shape index (κ3) is 2.62. The van der Waals surface area contributed by atoms with Gasteiger partial charge in [-0.2, -0.15) is 0 Å². The van der Waals surface area contributed by atoms with Crippen molar-refractivity contribution in [1.82, 2.24) is 5.32 Å². The molecule has 0 spiro atoms. The van der Waals surface area contributed by atoms with Crippen LogP contribution in [0.4, 0.5) is 0 Å². The molecular formula is C10H14BrNO2. The molecule has 0 heterocycles. The number of halogens is 1. The van der Waals surface area contributed by atoms with Crippen molar-refractivity contribution in [2.24, 2.45) is 0 Å². The lowest BCUT2D eigenvalue weighted by Crippen LogP contribution is -2.10. The summed E-state index contributed by atoms with van der Waals surface area (Å²) in [5.41, 5.74) is 0.909. The summed E-state index contributed by atoms with van der Waals surface area (Å²) >= 11 is 3.38. The molecule has 0 saturated heterocycles. The highest BCUT2D eigenvalue weighted by Gasteiger charge is 2.07. The highest BCUT2D eigenvalue weighted by Crippen LogP contribution is 2.32. The zero-order valence-corrected chi connectivity index (χ0v) is 9.89. The summed E-state index contributed by atoms with van der Waals surface area (Å²) < 4.78 is 5.93. The Kier molecular flexibility index (Phi) is 4.22. The molecule has 3 nitrogen and oxygen atoms in total. The van der Waals surface area contributed by atoms with Gasteiger partial charge in [0.15, 0.2) is 0 Å². The van der Waals surface area contributed by atoms with E-state index < -0.39 is 0 Å². The number of aromatic hydroxyl groups is 1. The van der Waals surface area contributed by atoms with Crippen molar-refractivity contribution in [3.05, 3.63) is 22.2 Å². The molecule has 4 heteroatoms. The Balaban J connectivity index is 2.90. The normalized spacial score (nSPS) is 10.2. The van der Waals surface area contributed by atoms with Gasteiger partial charge in [0.1, 0.15) is 11.5 Å². The van der Waals surface area contributed by atoms with Crippen LogP contribution in [0.25, 0.3) is 0 Å². The Morgan fingerprint density at radius 1 is 1.50 bits per heavy atom. The predicted molar refractivity (Wildman–Crippen MR) is 60.0 cm³/mol. The van der Waals surface area contributed by atoms with Crippen molar-refractivity contribution in [2.45, 2.75) is 6.42 Å². The van der Waals surface area contributed by atoms with Gasteiger partial charge in [-0.3, -0.25) is 0 Å². The first-order valence-electron chi connectivity index (χ1n) is 4.39. The van der Waals surface area contributed by atoms with Gasteiger partial charge < -0.3 is 15.2 Å². The highest BCUT2D eigenvalue weighted by molar-refractivity contribution is 9.10. The summed E-state index contributed by atoms with van der Waals surface area (Å²) in [4.78, 5) is 0. The number of hydrogen-bond acceptors (Lipinski definition) is 3. The van der Waals surface area contributed by atoms with Crippen LogP contribution >= 0.6 is 15.9 Å². The summed E-state index contributed by atoms with van der Waals surface area (Å²) in [6.45, 7) is 0.840. The maximum absolute atomic E-state index is 9.64. The molecule has 0 aliphatic heterocycles. The molecule has 0 atom stereocenters. The van der Waals surface area contributed by atoms with Gasteiger partial charge in [-0.25, -0.2) is 0 Å². The van der Waals surface area contributed by atoms with Crippen LogP contribution < -0.4 is 10.1 Å². The fourth-order valence-corrected chi connectivity index (χ4v) is 1.75. The molecule has 0 aromatic heterocycles. The molecule has 14 heavy (non-hydrogen) atoms. The highest BCUT2D eigenvalue weighted by atomic mass is 79.9. The minimum Gasteiger partial charge on any atom is -0.508 e. The number of ether oxygens (including phenoxy) is 1. The van der Waals surface area contributed by atoms with E-state index in [1.54, 1.807) is 13.2 Å². The van der Waals surface area contributed by atoms with Gasteiger partial charge >= 0.3 is 0 Å². The molecule has 0 amide bonds. The number of likely N-dealkylation sites (N-methyl/N-ethyl adjacent to an activating group) is 1. The van der Waals surface area contributed by atoms with Crippen LogP contribution in [-0.2, 0) is 6.42 Å². The van der Waals surface area contributed by atoms with E-state index in [0.29, 0.717) is 5.75 Å². The number of hydrogen-bond donors (Lipinski definition) is 2. The molecule has 1 rings (SSSR count). The largest absolute Gasteiger partial charge is 0.508 e. The van der Waals surface area contributed by atoms with Gasteiger partial charge in [0, 0.05) is 6.07 Å². The Bertz CT molecular complexity index is 315. The third-order valence-corrected chi connectivity index (χ3v) is 2.62. The predicted octanol–water partition coefficient (Wildman–Crippen LogP) is 1.93. The first-order valence-corrected chi connectivity index (χ1v) is 5.18. The van der Waals surface area contributed by atoms with E-state index in [1.165, 1.54) is 0 Å². The fourth-order valence-electron chi connectivity index (χ4n) is 1.20. The number of rotatable bonds is 4. The van der Waals surface area contributed by atoms with E-state index in [0.717, 1.165) is 23.0 Å². The van der Waals surface area contributed by atoms with Crippen molar-refractivity contribution >= 4 is 15.9 Å². The van der Waals surface area contributed by atoms with E-state index in [-0.39, 0.29) is 5.75 Å². The minimum absolute atomic E-state index is 0.278. The Morgan fingerprint density at radius 2 is 2.21 bits per heavy atom. The molecule has 2 N–H and O–H groups in total. The van der Waals surface area contributed by atoms with E-state index in [9.17, 15) is 5.11 Å². The van der Waals surface area contributed by atoms with E-state index in [2.05, 4.69) is 21.2 Å². The van der Waals surface area contributed by atoms with Crippen LogP contribution in [-0.4, -0.2) is 25.8 Å². The number of phenolic OH excluding ortho intramolecular Hbond substituents is 1. The second-order valence-electron chi connectivity index (χ2n) is 2.97. The molecule has 0 fully saturated rings. The maximum Gasteiger partial charge on any atom is 0.136 e. The zero-order chi connectivity index (χ0) is 10.6. The molecule has 0 aliphatic rings. The lowest BCUT2D eigenvalue weighted by Gasteiger charge is -2.08. The molecule has 0 saturated carbocycles. The van der Waals surface area contributed by atoms with E-state index in [1.807, 2.05) is 13.1 Å². The van der Waals surface area contributed by atoms with Gasteiger partial charge in [0.05, 0.1) is 11.6 Å². The minimum atomic E-state index is 0.278. The molecular weight excluding hydrogens is 246 g/mol. The van der Waals surface area contributed by atoms with Crippen molar-refractivity contribution in [2.75, 3.05) is 20.7 Å². The van der Waals surface area contributed by atoms with Gasteiger partial charge in [0.2, 0.25) is 0 Å². The standard InChI is InChI=1S/C10H14BrNO2/c1-12-4-3-7-5-8(11)10(14-2)6-9(7)13/h5-6,12-13H,3-4H2,1-2H3. The van der Waals surface area contributed by atoms with Crippen LogP contribution in [0, 0.1) is 0 Å². The molecule has 78 valence electrons. The van der Waals surface area contributed by atoms with Gasteiger partial charge in [-0.05, 0) is 47.6 Å². The lowest BCUT2D eigenvalue weighted by molar-refractivity contribution is 0.403. The van der Waals surface area contributed by atoms with Gasteiger partial charge in [-0.15, -0.1) is 0 Å². The van der Waals surface area contributed by atoms with Gasteiger partial charge in [-0.1, -0.05) is 0 Å². The molecule has 1 aromatic carbocycles. The maximum atomic E-state index is 9.64. The molecule has 0 radical (unpaired) electrons. The van der Waals surface area contributed by atoms with E-state index >= 15 is 0 Å². The topological polar surface area (TPSA) is 41.5 Å². The van der Waals surface area contributed by atoms with Crippen LogP contribution in [0.15, 0.2) is 16.6 Å². The second kappa shape index (κ2) is 5.22. The average molecular weight is 260 g/mol. The third-order valence-electron chi connectivity index (χ3n) is 2.00. The van der Waals surface area contributed by atoms with Crippen LogP contribution in [0.1, 0.15) is 5.56 Å². The number of nitrogens with one attached hydrogen (secondary N) is 1. The summed E-state index contributed by atoms with van der Waals surface area (Å²) in [7, 11) is 3.46. The lowest BCUT2D eigenvalue weighted by atomic mass is 10.1. The molecule has 0 unspecified atom stereocenters. The smallest absolute Gasteiger partial charge is 0.136 e. The SMILES string of the molecule is CNCCc1cc(Br)c(OC)cc1O. The Hall–Kier alpha value is -0.740. The summed E-state index contributed by atoms with van der Waals surface area (Å²) in [5, 5.41) is 12.7. The second-order valence-corrected chi connectivity index (χ2v) is 3.82. The van der Waals surface area contributed by atoms with Crippen LogP contribution in [0.5, 0.6) is 11.5 Å². The van der Waals surface area contributed by atoms with Gasteiger partial charge in [0.25, 0.3) is 0 Å². The molecule has 0 bridgehead atoms. The van der Waals surface area contributed by atoms with Crippen molar-refractivity contribution in [1.29, 1.82) is 0 Å². The first kappa shape index (κ1) is 11.3. The number of methoxy groups -OCH3 is 1. The quantitative estimate of drug-likeness (QED) is 0.869. The average Bonchev–Trinajstić information content (AvgIpc) is 2.18.